The van der Waals surface area contributed by atoms with Crippen molar-refractivity contribution in [3.63, 3.8) is 0 Å². The largest absolute Gasteiger partial charge is 0.481 e. The number of carbonyl (C=O) groups is 10. The molecule has 0 aromatic heterocycles. The highest BCUT2D eigenvalue weighted by Crippen LogP contribution is 2.30. The van der Waals surface area contributed by atoms with Gasteiger partial charge in [0.15, 0.2) is 35.6 Å². The van der Waals surface area contributed by atoms with Gasteiger partial charge >= 0.3 is 59.7 Å². The number of esters is 5. The Bertz CT molecular complexity index is 1900. The van der Waals surface area contributed by atoms with Gasteiger partial charge in [0.05, 0.1) is 25.7 Å². The molecule has 0 bridgehead atoms. The average molecular weight is 1230 g/mol. The van der Waals surface area contributed by atoms with Crippen molar-refractivity contribution in [3.05, 3.63) is 0 Å². The van der Waals surface area contributed by atoms with Crippen molar-refractivity contribution in [2.75, 3.05) is 0 Å². The van der Waals surface area contributed by atoms with E-state index in [-0.39, 0.29) is 45.4 Å². The van der Waals surface area contributed by atoms with Crippen LogP contribution in [0, 0.1) is 5.92 Å². The first-order valence-electron chi connectivity index (χ1n) is 29.5. The zero-order valence-corrected chi connectivity index (χ0v) is 47.9. The highest BCUT2D eigenvalue weighted by atomic mass is 16.6. The second kappa shape index (κ2) is 42.3. The number of hydrogen-bond acceptors (Lipinski definition) is 21. The van der Waals surface area contributed by atoms with E-state index < -0.39 is 121 Å². The summed E-state index contributed by atoms with van der Waals surface area (Å²) in [5, 5.41) is 97.1. The maximum atomic E-state index is 12.9. The number of carboxylic acids is 5. The summed E-state index contributed by atoms with van der Waals surface area (Å²) < 4.78 is 26.8. The highest BCUT2D eigenvalue weighted by Gasteiger charge is 2.46. The van der Waals surface area contributed by atoms with Crippen LogP contribution in [-0.4, -0.2) is 182 Å². The van der Waals surface area contributed by atoms with Crippen molar-refractivity contribution < 1.29 is 128 Å². The van der Waals surface area contributed by atoms with Gasteiger partial charge in [0, 0.05) is 0 Å². The summed E-state index contributed by atoms with van der Waals surface area (Å²) in [6, 6.07) is 0. The van der Waals surface area contributed by atoms with Crippen LogP contribution in [-0.2, 0) is 71.6 Å². The van der Waals surface area contributed by atoms with Crippen LogP contribution >= 0.6 is 0 Å². The standard InChI is InChI=1S/C24H38O7.C16H26O6.C7H14.C6H8O7.C4H6O6.2CH4/c25-21(29-18-10-4-1-5-11-18)16-24(28,23(27)31-20-14-8-3-9-15-20)17-22(26)30-19-12-6-2-7-13-19;17-13(15(19)21-11-7-3-1-4-8-11)14(18)16(20)22-12-9-5-2-6-10-12;1-7-5-3-2-4-6-7;7-3(8)1-6(13,5(11)12)2-4(9)10;5-1(3(7)8)2(6)4(9)10;;/h18-20,28H,1-17H2;11-14,17-18H,1-10H2;7H,2-6H2,1H3;13H,1-2H2,(H,7,8)(H,9,10)(H,11,12);1-2,5-6H,(H,7,8)(H,9,10);2*1H4/t;13-,14-;;;1-,2-;;/m.1..1../s1. The van der Waals surface area contributed by atoms with Gasteiger partial charge in [-0.3, -0.25) is 19.2 Å². The first kappa shape index (κ1) is 79.5. The van der Waals surface area contributed by atoms with Gasteiger partial charge in [-0.25, -0.2) is 28.8 Å². The van der Waals surface area contributed by atoms with E-state index in [4.69, 9.17) is 64.5 Å². The Morgan fingerprint density at radius 1 is 0.353 bits per heavy atom. The van der Waals surface area contributed by atoms with E-state index in [0.717, 1.165) is 166 Å². The van der Waals surface area contributed by atoms with Crippen molar-refractivity contribution >= 4 is 59.7 Å². The van der Waals surface area contributed by atoms with Crippen LogP contribution in [0.4, 0.5) is 0 Å². The fraction of sp³-hybridized carbons (Fsp3) is 0.831. The zero-order valence-electron chi connectivity index (χ0n) is 47.9. The molecule has 0 heterocycles. The Morgan fingerprint density at radius 3 is 0.824 bits per heavy atom. The highest BCUT2D eigenvalue weighted by molar-refractivity contribution is 5.90. The van der Waals surface area contributed by atoms with Gasteiger partial charge < -0.3 is 79.9 Å². The van der Waals surface area contributed by atoms with Crippen LogP contribution in [0.25, 0.3) is 0 Å². The van der Waals surface area contributed by atoms with Crippen LogP contribution in [0.1, 0.15) is 240 Å². The monoisotopic (exact) mass is 1220 g/mol. The van der Waals surface area contributed by atoms with Crippen LogP contribution in [0.3, 0.4) is 0 Å². The minimum Gasteiger partial charge on any atom is -0.481 e. The molecule has 6 rings (SSSR count). The second-order valence-electron chi connectivity index (χ2n) is 22.6. The predicted molar refractivity (Wildman–Crippen MR) is 301 cm³/mol. The van der Waals surface area contributed by atoms with E-state index in [1.807, 2.05) is 0 Å². The Hall–Kier alpha value is -5.54. The van der Waals surface area contributed by atoms with Crippen LogP contribution < -0.4 is 0 Å². The lowest BCUT2D eigenvalue weighted by atomic mass is 9.91. The normalized spacial score (nSPS) is 19.7. The molecule has 6 aliphatic carbocycles. The minimum atomic E-state index is -2.74. The van der Waals surface area contributed by atoms with Gasteiger partial charge in [-0.1, -0.05) is 86.0 Å². The lowest BCUT2D eigenvalue weighted by Crippen LogP contribution is -2.47. The summed E-state index contributed by atoms with van der Waals surface area (Å²) in [6.45, 7) is 2.36. The van der Waals surface area contributed by atoms with Gasteiger partial charge in [0.25, 0.3) is 0 Å². The Balaban J connectivity index is 0.00000114. The molecule has 6 saturated carbocycles. The molecule has 6 fully saturated rings. The Labute approximate surface area is 498 Å². The summed E-state index contributed by atoms with van der Waals surface area (Å²) in [4.78, 5) is 112. The maximum Gasteiger partial charge on any atom is 0.339 e. The summed E-state index contributed by atoms with van der Waals surface area (Å²) in [7, 11) is 0. The summed E-state index contributed by atoms with van der Waals surface area (Å²) in [5.74, 6) is -11.7. The predicted octanol–water partition coefficient (Wildman–Crippen LogP) is 6.07. The molecule has 4 atom stereocenters. The number of rotatable bonds is 21. The third-order valence-corrected chi connectivity index (χ3v) is 15.2. The van der Waals surface area contributed by atoms with E-state index in [1.54, 1.807) is 0 Å². The second-order valence-corrected chi connectivity index (χ2v) is 22.6. The van der Waals surface area contributed by atoms with Crippen LogP contribution in [0.5, 0.6) is 0 Å². The number of aliphatic hydroxyl groups excluding tert-OH is 4. The molecule has 11 N–H and O–H groups in total. The lowest BCUT2D eigenvalue weighted by Gasteiger charge is -2.30. The molecule has 0 unspecified atom stereocenters. The van der Waals surface area contributed by atoms with E-state index in [1.165, 1.54) is 32.1 Å². The van der Waals surface area contributed by atoms with Gasteiger partial charge in [0.2, 0.25) is 0 Å². The Kier molecular flexibility index (Phi) is 39.6. The molecule has 492 valence electrons. The zero-order chi connectivity index (χ0) is 62.1. The average Bonchev–Trinajstić information content (AvgIpc) is 3.61. The SMILES string of the molecule is C.C.CC1CCCCC1.O=C(CC(O)(CC(=O)OC1CCCCC1)C(=O)OC1CCCCC1)OC1CCCCC1.O=C(O)CC(O)(CC(=O)O)C(=O)O.O=C(O)[C@H](O)[C@@H](O)C(=O)O.O=C(OC1CCCCC1)[C@H](O)[C@@H](O)C(=O)OC1CCCCC1. The fourth-order valence-corrected chi connectivity index (χ4v) is 10.3. The summed E-state index contributed by atoms with van der Waals surface area (Å²) in [5.41, 5.74) is -4.99. The van der Waals surface area contributed by atoms with Gasteiger partial charge in [0.1, 0.15) is 30.5 Å². The van der Waals surface area contributed by atoms with Crippen molar-refractivity contribution in [1.29, 1.82) is 0 Å². The molecule has 0 radical (unpaired) electrons. The first-order valence-corrected chi connectivity index (χ1v) is 29.5. The third-order valence-electron chi connectivity index (χ3n) is 15.2. The molecular weight excluding hydrogens is 1120 g/mol. The molecule has 26 nitrogen and oxygen atoms in total. The van der Waals surface area contributed by atoms with Gasteiger partial charge in [-0.2, -0.15) is 0 Å². The molecule has 85 heavy (non-hydrogen) atoms. The van der Waals surface area contributed by atoms with Crippen molar-refractivity contribution in [2.45, 2.75) is 306 Å². The van der Waals surface area contributed by atoms with Gasteiger partial charge in [-0.15, -0.1) is 0 Å². The van der Waals surface area contributed by atoms with E-state index in [9.17, 15) is 63.3 Å². The summed E-state index contributed by atoms with van der Waals surface area (Å²) in [6.07, 6.45) is 17.7. The topological polar surface area (TPSA) is 439 Å². The first-order chi connectivity index (χ1) is 39.2. The van der Waals surface area contributed by atoms with Crippen LogP contribution in [0.15, 0.2) is 0 Å². The molecular formula is C59H100O26. The molecule has 0 aliphatic heterocycles. The third kappa shape index (κ3) is 32.7. The number of carbonyl (C=O) groups excluding carboxylic acids is 5. The number of aliphatic hydroxyl groups is 6. The molecule has 0 amide bonds. The lowest BCUT2D eigenvalue weighted by molar-refractivity contribution is -0.185. The van der Waals surface area contributed by atoms with Crippen LogP contribution in [0.2, 0.25) is 0 Å². The molecule has 26 heteroatoms. The number of hydrogen-bond donors (Lipinski definition) is 11. The number of ether oxygens (including phenoxy) is 5. The van der Waals surface area contributed by atoms with E-state index in [2.05, 4.69) is 6.92 Å². The van der Waals surface area contributed by atoms with Crippen molar-refractivity contribution in [2.24, 2.45) is 5.92 Å². The number of aliphatic carboxylic acids is 5. The summed E-state index contributed by atoms with van der Waals surface area (Å²) >= 11 is 0. The van der Waals surface area contributed by atoms with Crippen molar-refractivity contribution in [1.82, 2.24) is 0 Å². The minimum absolute atomic E-state index is 0. The quantitative estimate of drug-likeness (QED) is 0.0458. The molecule has 0 saturated heterocycles. The molecule has 0 spiro atoms. The van der Waals surface area contributed by atoms with Crippen molar-refractivity contribution in [3.8, 4) is 0 Å². The molecule has 6 aliphatic rings. The van der Waals surface area contributed by atoms with E-state index in [0.29, 0.717) is 0 Å². The van der Waals surface area contributed by atoms with E-state index >= 15 is 0 Å². The fourth-order valence-electron chi connectivity index (χ4n) is 10.3. The smallest absolute Gasteiger partial charge is 0.339 e. The number of carboxylic acid groups (broad SMARTS) is 5. The molecule has 0 aromatic carbocycles. The maximum absolute atomic E-state index is 12.9. The Morgan fingerprint density at radius 2 is 0.600 bits per heavy atom. The van der Waals surface area contributed by atoms with Gasteiger partial charge in [-0.05, 0) is 134 Å². The molecule has 0 aromatic rings.